The summed E-state index contributed by atoms with van der Waals surface area (Å²) < 4.78 is 14.5. The van der Waals surface area contributed by atoms with Gasteiger partial charge < -0.3 is 0 Å². The third kappa shape index (κ3) is 4.25. The van der Waals surface area contributed by atoms with E-state index in [0.29, 0.717) is 22.9 Å². The Morgan fingerprint density at radius 1 is 1.22 bits per heavy atom. The van der Waals surface area contributed by atoms with Crippen molar-refractivity contribution in [3.8, 4) is 0 Å². The summed E-state index contributed by atoms with van der Waals surface area (Å²) >= 11 is 0. The highest BCUT2D eigenvalue weighted by atomic mass is 19.1. The maximum absolute atomic E-state index is 13.2. The van der Waals surface area contributed by atoms with Gasteiger partial charge >= 0.3 is 0 Å². The van der Waals surface area contributed by atoms with Crippen LogP contribution in [0, 0.1) is 5.82 Å². The smallest absolute Gasteiger partial charge is 0.267 e. The molecule has 1 aromatic heterocycles. The maximum Gasteiger partial charge on any atom is 0.292 e. The normalized spacial score (nSPS) is 11.2. The van der Waals surface area contributed by atoms with Crippen LogP contribution in [0.25, 0.3) is 10.8 Å². The predicted molar refractivity (Wildman–Crippen MR) is 102 cm³/mol. The zero-order valence-electron chi connectivity index (χ0n) is 14.9. The van der Waals surface area contributed by atoms with Crippen molar-refractivity contribution in [3.63, 3.8) is 0 Å². The van der Waals surface area contributed by atoms with Gasteiger partial charge in [-0.2, -0.15) is 10.2 Å². The van der Waals surface area contributed by atoms with Crippen molar-refractivity contribution < 1.29 is 9.18 Å². The van der Waals surface area contributed by atoms with Gasteiger partial charge in [0.15, 0.2) is 5.69 Å². The van der Waals surface area contributed by atoms with Crippen LogP contribution in [0.3, 0.4) is 0 Å². The Hall–Kier alpha value is -3.35. The van der Waals surface area contributed by atoms with Crippen molar-refractivity contribution in [2.75, 3.05) is 0 Å². The minimum atomic E-state index is -0.538. The van der Waals surface area contributed by atoms with Crippen molar-refractivity contribution in [1.29, 1.82) is 0 Å². The number of hydrogen-bond donors (Lipinski definition) is 1. The predicted octanol–water partition coefficient (Wildman–Crippen LogP) is 3.10. The lowest BCUT2D eigenvalue weighted by molar-refractivity contribution is 0.0949. The molecule has 6 nitrogen and oxygen atoms in total. The van der Waals surface area contributed by atoms with Crippen LogP contribution in [-0.4, -0.2) is 21.9 Å². The first-order chi connectivity index (χ1) is 13.1. The van der Waals surface area contributed by atoms with Crippen LogP contribution in [0.1, 0.15) is 35.8 Å². The number of rotatable bonds is 6. The Bertz CT molecular complexity index is 1060. The number of carbonyl (C=O) groups is 1. The van der Waals surface area contributed by atoms with E-state index in [1.807, 2.05) is 6.92 Å². The quantitative estimate of drug-likeness (QED) is 0.538. The van der Waals surface area contributed by atoms with Gasteiger partial charge in [-0.1, -0.05) is 43.7 Å². The molecule has 27 heavy (non-hydrogen) atoms. The first-order valence-corrected chi connectivity index (χ1v) is 8.69. The third-order valence-corrected chi connectivity index (χ3v) is 4.03. The highest BCUT2D eigenvalue weighted by molar-refractivity contribution is 6.04. The molecule has 0 fully saturated rings. The molecule has 138 valence electrons. The Balaban J connectivity index is 1.91. The number of hydrazone groups is 1. The van der Waals surface area contributed by atoms with Crippen molar-refractivity contribution in [2.24, 2.45) is 5.10 Å². The zero-order valence-corrected chi connectivity index (χ0v) is 14.9. The second-order valence-electron chi connectivity index (χ2n) is 6.03. The Labute approximate surface area is 155 Å². The number of halogens is 1. The largest absolute Gasteiger partial charge is 0.292 e. The van der Waals surface area contributed by atoms with E-state index in [9.17, 15) is 14.0 Å². The van der Waals surface area contributed by atoms with Gasteiger partial charge in [0.25, 0.3) is 11.5 Å². The van der Waals surface area contributed by atoms with Crippen molar-refractivity contribution in [2.45, 2.75) is 26.3 Å². The number of fused-ring (bicyclic) bond motifs is 1. The van der Waals surface area contributed by atoms with Crippen molar-refractivity contribution in [1.82, 2.24) is 15.2 Å². The fraction of sp³-hybridized carbons (Fsp3) is 0.200. The molecule has 0 atom stereocenters. The summed E-state index contributed by atoms with van der Waals surface area (Å²) in [6, 6.07) is 12.7. The Kier molecular flexibility index (Phi) is 5.71. The fourth-order valence-electron chi connectivity index (χ4n) is 2.67. The van der Waals surface area contributed by atoms with Gasteiger partial charge in [-0.15, -0.1) is 0 Å². The molecular formula is C20H19FN4O2. The summed E-state index contributed by atoms with van der Waals surface area (Å²) in [5.41, 5.74) is 2.81. The highest BCUT2D eigenvalue weighted by Gasteiger charge is 2.16. The van der Waals surface area contributed by atoms with E-state index in [4.69, 9.17) is 0 Å². The van der Waals surface area contributed by atoms with E-state index in [0.717, 1.165) is 12.8 Å². The lowest BCUT2D eigenvalue weighted by atomic mass is 10.1. The molecule has 1 N–H and O–H groups in total. The van der Waals surface area contributed by atoms with Crippen LogP contribution < -0.4 is 11.0 Å². The summed E-state index contributed by atoms with van der Waals surface area (Å²) in [5.74, 6) is -0.926. The van der Waals surface area contributed by atoms with E-state index in [-0.39, 0.29) is 17.1 Å². The van der Waals surface area contributed by atoms with Crippen molar-refractivity contribution >= 4 is 22.9 Å². The summed E-state index contributed by atoms with van der Waals surface area (Å²) in [5, 5.41) is 9.00. The van der Waals surface area contributed by atoms with Gasteiger partial charge in [-0.05, 0) is 30.2 Å². The van der Waals surface area contributed by atoms with E-state index in [1.54, 1.807) is 36.4 Å². The second kappa shape index (κ2) is 8.35. The molecule has 3 aromatic rings. The molecule has 1 amide bonds. The Morgan fingerprint density at radius 2 is 2.00 bits per heavy atom. The highest BCUT2D eigenvalue weighted by Crippen LogP contribution is 2.13. The zero-order chi connectivity index (χ0) is 19.2. The van der Waals surface area contributed by atoms with E-state index in [1.165, 1.54) is 23.0 Å². The minimum absolute atomic E-state index is 0.123. The van der Waals surface area contributed by atoms with Gasteiger partial charge in [-0.3, -0.25) is 9.59 Å². The lowest BCUT2D eigenvalue weighted by Gasteiger charge is -2.09. The number of hydrogen-bond acceptors (Lipinski definition) is 4. The number of nitrogens with zero attached hydrogens (tertiary/aromatic N) is 3. The van der Waals surface area contributed by atoms with Crippen LogP contribution in [-0.2, 0) is 6.54 Å². The molecule has 3 rings (SSSR count). The Morgan fingerprint density at radius 3 is 2.74 bits per heavy atom. The summed E-state index contributed by atoms with van der Waals surface area (Å²) in [6.45, 7) is 2.45. The van der Waals surface area contributed by atoms with E-state index in [2.05, 4.69) is 15.6 Å². The fourth-order valence-corrected chi connectivity index (χ4v) is 2.67. The van der Waals surface area contributed by atoms with Crippen LogP contribution >= 0.6 is 0 Å². The van der Waals surface area contributed by atoms with E-state index < -0.39 is 5.91 Å². The molecule has 0 aliphatic carbocycles. The maximum atomic E-state index is 13.2. The second-order valence-corrected chi connectivity index (χ2v) is 6.03. The third-order valence-electron chi connectivity index (χ3n) is 4.03. The van der Waals surface area contributed by atoms with Gasteiger partial charge in [-0.25, -0.2) is 14.5 Å². The average Bonchev–Trinajstić information content (AvgIpc) is 2.67. The first-order valence-electron chi connectivity index (χ1n) is 8.69. The molecule has 0 unspecified atom stereocenters. The molecule has 0 bridgehead atoms. The van der Waals surface area contributed by atoms with Gasteiger partial charge in [0, 0.05) is 11.9 Å². The number of unbranched alkanes of at least 4 members (excludes halogenated alkanes) is 1. The summed E-state index contributed by atoms with van der Waals surface area (Å²) in [6.07, 6.45) is 3.03. The van der Waals surface area contributed by atoms with Crippen LogP contribution in [0.4, 0.5) is 4.39 Å². The molecule has 0 aliphatic rings. The molecule has 0 saturated carbocycles. The topological polar surface area (TPSA) is 76.3 Å². The molecule has 2 aromatic carbocycles. The van der Waals surface area contributed by atoms with E-state index >= 15 is 0 Å². The molecule has 0 aliphatic heterocycles. The molecule has 7 heteroatoms. The van der Waals surface area contributed by atoms with Crippen LogP contribution in [0.15, 0.2) is 58.4 Å². The van der Waals surface area contributed by atoms with Crippen LogP contribution in [0.2, 0.25) is 0 Å². The van der Waals surface area contributed by atoms with Gasteiger partial charge in [0.05, 0.1) is 11.6 Å². The van der Waals surface area contributed by atoms with Crippen molar-refractivity contribution in [3.05, 3.63) is 76.0 Å². The standard InChI is InChI=1S/C20H19FN4O2/c1-2-3-11-25-20(27)17-10-5-4-9-16(17)18(24-25)19(26)23-22-13-14-7-6-8-15(21)12-14/h4-10,12-13H,2-3,11H2,1H3,(H,23,26)/b22-13-. The number of carbonyl (C=O) groups excluding carboxylic acids is 1. The molecule has 0 saturated heterocycles. The first kappa shape index (κ1) is 18.4. The number of amides is 1. The lowest BCUT2D eigenvalue weighted by Crippen LogP contribution is -2.29. The number of nitrogens with one attached hydrogen (secondary N) is 1. The molecular weight excluding hydrogens is 347 g/mol. The van der Waals surface area contributed by atoms with Gasteiger partial charge in [0.1, 0.15) is 5.82 Å². The summed E-state index contributed by atoms with van der Waals surface area (Å²) in [4.78, 5) is 25.1. The molecule has 0 radical (unpaired) electrons. The van der Waals surface area contributed by atoms with Gasteiger partial charge in [0.2, 0.25) is 0 Å². The minimum Gasteiger partial charge on any atom is -0.267 e. The number of aryl methyl sites for hydroxylation is 1. The summed E-state index contributed by atoms with van der Waals surface area (Å²) in [7, 11) is 0. The number of benzene rings is 2. The SMILES string of the molecule is CCCCn1nc(C(=O)N/N=C\c2cccc(F)c2)c2ccccc2c1=O. The molecule has 1 heterocycles. The van der Waals surface area contributed by atoms with Crippen LogP contribution in [0.5, 0.6) is 0 Å². The average molecular weight is 366 g/mol. The number of aromatic nitrogens is 2. The monoisotopic (exact) mass is 366 g/mol. The molecule has 0 spiro atoms.